The van der Waals surface area contributed by atoms with Crippen molar-refractivity contribution < 1.29 is 13.2 Å². The number of alkyl halides is 3. The van der Waals surface area contributed by atoms with E-state index in [0.29, 0.717) is 6.04 Å². The summed E-state index contributed by atoms with van der Waals surface area (Å²) in [4.78, 5) is 0. The number of halogens is 3. The third-order valence-electron chi connectivity index (χ3n) is 3.20. The maximum atomic E-state index is 12.3. The molecule has 2 N–H and O–H groups in total. The van der Waals surface area contributed by atoms with E-state index >= 15 is 0 Å². The first-order valence-corrected chi connectivity index (χ1v) is 6.20. The molecule has 1 aliphatic heterocycles. The number of nitrogens with one attached hydrogen (secondary N) is 2. The molecular weight excluding hydrogens is 241 g/mol. The van der Waals surface area contributed by atoms with Gasteiger partial charge in [0, 0.05) is 18.3 Å². The Morgan fingerprint density at radius 3 is 2.50 bits per heavy atom. The number of anilines is 1. The Balaban J connectivity index is 1.79. The van der Waals surface area contributed by atoms with Crippen LogP contribution in [0.4, 0.5) is 18.9 Å². The Morgan fingerprint density at radius 1 is 1.22 bits per heavy atom. The highest BCUT2D eigenvalue weighted by Crippen LogP contribution is 2.29. The SMILES string of the molecule is FC(F)(F)c1ccc(NCCC2CCCN2)cc1. The predicted octanol–water partition coefficient (Wildman–Crippen LogP) is 3.26. The second-order valence-corrected chi connectivity index (χ2v) is 4.58. The second kappa shape index (κ2) is 5.61. The Hall–Kier alpha value is -1.23. The largest absolute Gasteiger partial charge is 0.416 e. The number of benzene rings is 1. The highest BCUT2D eigenvalue weighted by molar-refractivity contribution is 5.45. The van der Waals surface area contributed by atoms with Crippen molar-refractivity contribution >= 4 is 5.69 Å². The molecule has 0 aliphatic carbocycles. The van der Waals surface area contributed by atoms with E-state index in [2.05, 4.69) is 10.6 Å². The molecule has 0 radical (unpaired) electrons. The zero-order valence-electron chi connectivity index (χ0n) is 10.1. The number of hydrogen-bond donors (Lipinski definition) is 2. The summed E-state index contributed by atoms with van der Waals surface area (Å²) >= 11 is 0. The molecule has 1 atom stereocenters. The van der Waals surface area contributed by atoms with Crippen molar-refractivity contribution in [2.75, 3.05) is 18.4 Å². The summed E-state index contributed by atoms with van der Waals surface area (Å²) in [5.74, 6) is 0. The van der Waals surface area contributed by atoms with Gasteiger partial charge in [-0.1, -0.05) is 0 Å². The molecule has 0 amide bonds. The van der Waals surface area contributed by atoms with Crippen molar-refractivity contribution in [3.8, 4) is 0 Å². The summed E-state index contributed by atoms with van der Waals surface area (Å²) in [5, 5.41) is 6.53. The monoisotopic (exact) mass is 258 g/mol. The van der Waals surface area contributed by atoms with Crippen LogP contribution in [0.5, 0.6) is 0 Å². The lowest BCUT2D eigenvalue weighted by molar-refractivity contribution is -0.137. The van der Waals surface area contributed by atoms with Gasteiger partial charge in [-0.15, -0.1) is 0 Å². The Morgan fingerprint density at radius 2 is 1.94 bits per heavy atom. The van der Waals surface area contributed by atoms with Gasteiger partial charge in [0.1, 0.15) is 0 Å². The molecule has 100 valence electrons. The van der Waals surface area contributed by atoms with Crippen LogP contribution in [0.3, 0.4) is 0 Å². The molecule has 1 aromatic carbocycles. The molecule has 1 fully saturated rings. The van der Waals surface area contributed by atoms with Gasteiger partial charge in [0.2, 0.25) is 0 Å². The smallest absolute Gasteiger partial charge is 0.385 e. The fraction of sp³-hybridized carbons (Fsp3) is 0.538. The first-order valence-electron chi connectivity index (χ1n) is 6.20. The minimum atomic E-state index is -4.26. The van der Waals surface area contributed by atoms with Crippen LogP contribution in [-0.4, -0.2) is 19.1 Å². The third-order valence-corrected chi connectivity index (χ3v) is 3.20. The summed E-state index contributed by atoms with van der Waals surface area (Å²) in [7, 11) is 0. The van der Waals surface area contributed by atoms with Gasteiger partial charge in [-0.25, -0.2) is 0 Å². The van der Waals surface area contributed by atoms with Crippen molar-refractivity contribution in [3.05, 3.63) is 29.8 Å². The lowest BCUT2D eigenvalue weighted by atomic mass is 10.1. The van der Waals surface area contributed by atoms with Gasteiger partial charge in [0.05, 0.1) is 5.56 Å². The molecule has 0 aromatic heterocycles. The predicted molar refractivity (Wildman–Crippen MR) is 65.6 cm³/mol. The summed E-state index contributed by atoms with van der Waals surface area (Å²) in [6.45, 7) is 1.86. The molecule has 1 aromatic rings. The third kappa shape index (κ3) is 3.63. The lowest BCUT2D eigenvalue weighted by Gasteiger charge is -2.12. The van der Waals surface area contributed by atoms with E-state index in [9.17, 15) is 13.2 Å². The van der Waals surface area contributed by atoms with Gasteiger partial charge >= 0.3 is 6.18 Å². The minimum absolute atomic E-state index is 0.548. The fourth-order valence-electron chi connectivity index (χ4n) is 2.17. The zero-order valence-corrected chi connectivity index (χ0v) is 10.1. The van der Waals surface area contributed by atoms with Crippen molar-refractivity contribution in [1.82, 2.24) is 5.32 Å². The van der Waals surface area contributed by atoms with Crippen LogP contribution < -0.4 is 10.6 Å². The minimum Gasteiger partial charge on any atom is -0.385 e. The molecule has 1 unspecified atom stereocenters. The normalized spacial score (nSPS) is 20.1. The highest BCUT2D eigenvalue weighted by atomic mass is 19.4. The quantitative estimate of drug-likeness (QED) is 0.866. The number of hydrogen-bond acceptors (Lipinski definition) is 2. The molecule has 1 aliphatic rings. The standard InChI is InChI=1S/C13H17F3N2/c14-13(15,16)10-3-5-12(6-4-10)18-9-7-11-2-1-8-17-11/h3-6,11,17-18H,1-2,7-9H2. The van der Waals surface area contributed by atoms with Gasteiger partial charge in [0.25, 0.3) is 0 Å². The molecule has 2 rings (SSSR count). The van der Waals surface area contributed by atoms with Crippen LogP contribution in [0.2, 0.25) is 0 Å². The molecule has 0 spiro atoms. The maximum absolute atomic E-state index is 12.3. The summed E-state index contributed by atoms with van der Waals surface area (Å²) in [5.41, 5.74) is 0.131. The van der Waals surface area contributed by atoms with Crippen molar-refractivity contribution in [3.63, 3.8) is 0 Å². The summed E-state index contributed by atoms with van der Waals surface area (Å²) < 4.78 is 37.0. The summed E-state index contributed by atoms with van der Waals surface area (Å²) in [6, 6.07) is 5.72. The van der Waals surface area contributed by atoms with E-state index in [-0.39, 0.29) is 0 Å². The molecule has 0 saturated carbocycles. The molecule has 1 heterocycles. The Labute approximate surface area is 105 Å². The average molecular weight is 258 g/mol. The van der Waals surface area contributed by atoms with Crippen LogP contribution in [0.15, 0.2) is 24.3 Å². The van der Waals surface area contributed by atoms with E-state index in [4.69, 9.17) is 0 Å². The topological polar surface area (TPSA) is 24.1 Å². The first kappa shape index (κ1) is 13.2. The van der Waals surface area contributed by atoms with Crippen LogP contribution in [0.1, 0.15) is 24.8 Å². The van der Waals surface area contributed by atoms with E-state index in [1.54, 1.807) is 0 Å². The van der Waals surface area contributed by atoms with E-state index in [1.807, 2.05) is 0 Å². The lowest BCUT2D eigenvalue weighted by Crippen LogP contribution is -2.24. The Bertz CT molecular complexity index is 367. The first-order chi connectivity index (χ1) is 8.55. The zero-order chi connectivity index (χ0) is 13.0. The average Bonchev–Trinajstić information content (AvgIpc) is 2.82. The van der Waals surface area contributed by atoms with Crippen molar-refractivity contribution in [2.45, 2.75) is 31.5 Å². The van der Waals surface area contributed by atoms with Crippen molar-refractivity contribution in [2.24, 2.45) is 0 Å². The molecule has 0 bridgehead atoms. The van der Waals surface area contributed by atoms with Crippen LogP contribution in [0.25, 0.3) is 0 Å². The van der Waals surface area contributed by atoms with Gasteiger partial charge < -0.3 is 10.6 Å². The highest BCUT2D eigenvalue weighted by Gasteiger charge is 2.29. The molecule has 5 heteroatoms. The van der Waals surface area contributed by atoms with Crippen LogP contribution in [-0.2, 0) is 6.18 Å². The molecular formula is C13H17F3N2. The summed E-state index contributed by atoms with van der Waals surface area (Å²) in [6.07, 6.45) is -0.854. The van der Waals surface area contributed by atoms with Crippen molar-refractivity contribution in [1.29, 1.82) is 0 Å². The molecule has 1 saturated heterocycles. The van der Waals surface area contributed by atoms with Gasteiger partial charge in [-0.3, -0.25) is 0 Å². The van der Waals surface area contributed by atoms with Gasteiger partial charge in [-0.05, 0) is 50.1 Å². The van der Waals surface area contributed by atoms with E-state index in [1.165, 1.54) is 25.0 Å². The van der Waals surface area contributed by atoms with E-state index in [0.717, 1.165) is 37.3 Å². The van der Waals surface area contributed by atoms with Crippen LogP contribution >= 0.6 is 0 Å². The molecule has 18 heavy (non-hydrogen) atoms. The number of rotatable bonds is 4. The van der Waals surface area contributed by atoms with Gasteiger partial charge in [-0.2, -0.15) is 13.2 Å². The second-order valence-electron chi connectivity index (χ2n) is 4.58. The maximum Gasteiger partial charge on any atom is 0.416 e. The Kier molecular flexibility index (Phi) is 4.11. The molecule has 2 nitrogen and oxygen atoms in total. The van der Waals surface area contributed by atoms with E-state index < -0.39 is 11.7 Å². The van der Waals surface area contributed by atoms with Crippen LogP contribution in [0, 0.1) is 0 Å². The van der Waals surface area contributed by atoms with Gasteiger partial charge in [0.15, 0.2) is 0 Å². The fourth-order valence-corrected chi connectivity index (χ4v) is 2.17.